The molecule has 3 N–H and O–H groups in total. The summed E-state index contributed by atoms with van der Waals surface area (Å²) in [5, 5.41) is 0. The molecule has 90 valence electrons. The third-order valence-electron chi connectivity index (χ3n) is 4.04. The van der Waals surface area contributed by atoms with Gasteiger partial charge in [0.2, 0.25) is 0 Å². The molecule has 1 aliphatic rings. The van der Waals surface area contributed by atoms with Gasteiger partial charge in [-0.05, 0) is 31.1 Å². The average Bonchev–Trinajstić information content (AvgIpc) is 2.54. The van der Waals surface area contributed by atoms with Crippen LogP contribution in [-0.2, 0) is 0 Å². The summed E-state index contributed by atoms with van der Waals surface area (Å²) in [5.41, 5.74) is 3.06. The Morgan fingerprint density at radius 1 is 1.20 bits per heavy atom. The van der Waals surface area contributed by atoms with Crippen molar-refractivity contribution in [3.63, 3.8) is 0 Å². The predicted octanol–water partition coefficient (Wildman–Crippen LogP) is 3.22. The molecule has 0 heterocycles. The van der Waals surface area contributed by atoms with Gasteiger partial charge in [0.05, 0.1) is 0 Å². The fraction of sp³-hybridized carbons (Fsp3) is 1.00. The minimum Gasteiger partial charge on any atom is -0.271 e. The van der Waals surface area contributed by atoms with Gasteiger partial charge in [0.15, 0.2) is 0 Å². The molecule has 0 aromatic carbocycles. The van der Waals surface area contributed by atoms with Gasteiger partial charge in [-0.25, -0.2) is 0 Å². The Hall–Kier alpha value is -0.0800. The Kier molecular flexibility index (Phi) is 6.26. The maximum absolute atomic E-state index is 5.71. The molecule has 2 nitrogen and oxygen atoms in total. The lowest BCUT2D eigenvalue weighted by Gasteiger charge is -2.27. The van der Waals surface area contributed by atoms with Gasteiger partial charge in [-0.2, -0.15) is 0 Å². The first-order valence-corrected chi connectivity index (χ1v) is 6.74. The quantitative estimate of drug-likeness (QED) is 0.417. The molecule has 0 aliphatic heterocycles. The Bertz CT molecular complexity index is 151. The maximum Gasteiger partial charge on any atom is 0.0241 e. The highest BCUT2D eigenvalue weighted by molar-refractivity contribution is 4.78. The number of nitrogens with one attached hydrogen (secondary N) is 1. The standard InChI is InChI=1S/C13H28N2/c1-3-11(2)10-13(15-14)12-8-6-4-5-7-9-12/h11-13,15H,3-10,14H2,1-2H3. The van der Waals surface area contributed by atoms with Crippen LogP contribution in [0.2, 0.25) is 0 Å². The van der Waals surface area contributed by atoms with E-state index in [0.29, 0.717) is 6.04 Å². The molecule has 1 saturated carbocycles. The third-order valence-corrected chi connectivity index (χ3v) is 4.04. The number of hydrogen-bond acceptors (Lipinski definition) is 2. The predicted molar refractivity (Wildman–Crippen MR) is 66.4 cm³/mol. The lowest BCUT2D eigenvalue weighted by Crippen LogP contribution is -2.41. The van der Waals surface area contributed by atoms with Crippen molar-refractivity contribution in [2.45, 2.75) is 71.3 Å². The van der Waals surface area contributed by atoms with Crippen LogP contribution in [0.3, 0.4) is 0 Å². The second-order valence-corrected chi connectivity index (χ2v) is 5.27. The van der Waals surface area contributed by atoms with Crippen molar-refractivity contribution in [1.29, 1.82) is 0 Å². The summed E-state index contributed by atoms with van der Waals surface area (Å²) >= 11 is 0. The molecule has 15 heavy (non-hydrogen) atoms. The summed E-state index contributed by atoms with van der Waals surface area (Å²) in [4.78, 5) is 0. The SMILES string of the molecule is CCC(C)CC(NN)C1CCCCCC1. The molecule has 0 amide bonds. The van der Waals surface area contributed by atoms with E-state index in [0.717, 1.165) is 11.8 Å². The minimum atomic E-state index is 0.554. The van der Waals surface area contributed by atoms with Crippen molar-refractivity contribution in [2.75, 3.05) is 0 Å². The fourth-order valence-corrected chi connectivity index (χ4v) is 2.71. The van der Waals surface area contributed by atoms with Gasteiger partial charge in [-0.15, -0.1) is 0 Å². The summed E-state index contributed by atoms with van der Waals surface area (Å²) in [5.74, 6) is 7.33. The van der Waals surface area contributed by atoms with Crippen molar-refractivity contribution in [3.05, 3.63) is 0 Å². The summed E-state index contributed by atoms with van der Waals surface area (Å²) in [6, 6.07) is 0.554. The zero-order valence-electron chi connectivity index (χ0n) is 10.5. The Labute approximate surface area is 95.0 Å². The van der Waals surface area contributed by atoms with Gasteiger partial charge in [-0.3, -0.25) is 11.3 Å². The highest BCUT2D eigenvalue weighted by atomic mass is 15.2. The van der Waals surface area contributed by atoms with Crippen LogP contribution in [0.5, 0.6) is 0 Å². The smallest absolute Gasteiger partial charge is 0.0241 e. The highest BCUT2D eigenvalue weighted by Crippen LogP contribution is 2.28. The van der Waals surface area contributed by atoms with Crippen molar-refractivity contribution in [3.8, 4) is 0 Å². The largest absolute Gasteiger partial charge is 0.271 e. The van der Waals surface area contributed by atoms with Gasteiger partial charge >= 0.3 is 0 Å². The van der Waals surface area contributed by atoms with Gasteiger partial charge in [-0.1, -0.05) is 46.0 Å². The van der Waals surface area contributed by atoms with Crippen LogP contribution >= 0.6 is 0 Å². The van der Waals surface area contributed by atoms with Crippen LogP contribution in [0.25, 0.3) is 0 Å². The Morgan fingerprint density at radius 2 is 1.80 bits per heavy atom. The molecule has 1 aliphatic carbocycles. The molecule has 0 bridgehead atoms. The fourth-order valence-electron chi connectivity index (χ4n) is 2.71. The van der Waals surface area contributed by atoms with E-state index in [4.69, 9.17) is 5.84 Å². The van der Waals surface area contributed by atoms with Crippen LogP contribution in [0, 0.1) is 11.8 Å². The lowest BCUT2D eigenvalue weighted by molar-refractivity contribution is 0.274. The first-order valence-electron chi connectivity index (χ1n) is 6.74. The number of rotatable bonds is 5. The first kappa shape index (κ1) is 13.0. The highest BCUT2D eigenvalue weighted by Gasteiger charge is 2.22. The molecular formula is C13H28N2. The molecular weight excluding hydrogens is 184 g/mol. The summed E-state index contributed by atoms with van der Waals surface area (Å²) in [7, 11) is 0. The summed E-state index contributed by atoms with van der Waals surface area (Å²) in [6.07, 6.45) is 10.9. The van der Waals surface area contributed by atoms with Crippen LogP contribution < -0.4 is 11.3 Å². The second kappa shape index (κ2) is 7.24. The first-order chi connectivity index (χ1) is 7.27. The summed E-state index contributed by atoms with van der Waals surface area (Å²) in [6.45, 7) is 4.60. The Morgan fingerprint density at radius 3 is 2.27 bits per heavy atom. The molecule has 0 radical (unpaired) electrons. The van der Waals surface area contributed by atoms with Crippen LogP contribution in [0.15, 0.2) is 0 Å². The van der Waals surface area contributed by atoms with Crippen molar-refractivity contribution in [2.24, 2.45) is 17.7 Å². The van der Waals surface area contributed by atoms with Crippen LogP contribution in [0.4, 0.5) is 0 Å². The Balaban J connectivity index is 2.40. The summed E-state index contributed by atoms with van der Waals surface area (Å²) < 4.78 is 0. The van der Waals surface area contributed by atoms with Gasteiger partial charge in [0.1, 0.15) is 0 Å². The van der Waals surface area contributed by atoms with Gasteiger partial charge in [0, 0.05) is 6.04 Å². The van der Waals surface area contributed by atoms with Crippen LogP contribution in [-0.4, -0.2) is 6.04 Å². The maximum atomic E-state index is 5.71. The van der Waals surface area contributed by atoms with E-state index >= 15 is 0 Å². The van der Waals surface area contributed by atoms with E-state index < -0.39 is 0 Å². The number of hydrazine groups is 1. The molecule has 2 unspecified atom stereocenters. The lowest BCUT2D eigenvalue weighted by atomic mass is 9.86. The number of hydrogen-bond donors (Lipinski definition) is 2. The molecule has 0 spiro atoms. The van der Waals surface area contributed by atoms with E-state index in [1.165, 1.54) is 51.4 Å². The van der Waals surface area contributed by atoms with Crippen LogP contribution in [0.1, 0.15) is 65.2 Å². The van der Waals surface area contributed by atoms with E-state index in [1.54, 1.807) is 0 Å². The molecule has 1 rings (SSSR count). The zero-order chi connectivity index (χ0) is 11.1. The molecule has 2 atom stereocenters. The number of nitrogens with two attached hydrogens (primary N) is 1. The van der Waals surface area contributed by atoms with Crippen molar-refractivity contribution < 1.29 is 0 Å². The van der Waals surface area contributed by atoms with E-state index in [9.17, 15) is 0 Å². The van der Waals surface area contributed by atoms with Gasteiger partial charge < -0.3 is 0 Å². The molecule has 2 heteroatoms. The molecule has 0 aromatic rings. The average molecular weight is 212 g/mol. The zero-order valence-corrected chi connectivity index (χ0v) is 10.5. The minimum absolute atomic E-state index is 0.554. The molecule has 0 aromatic heterocycles. The van der Waals surface area contributed by atoms with Gasteiger partial charge in [0.25, 0.3) is 0 Å². The molecule has 1 fully saturated rings. The molecule has 0 saturated heterocycles. The monoisotopic (exact) mass is 212 g/mol. The second-order valence-electron chi connectivity index (χ2n) is 5.27. The van der Waals surface area contributed by atoms with Crippen molar-refractivity contribution in [1.82, 2.24) is 5.43 Å². The van der Waals surface area contributed by atoms with Crippen molar-refractivity contribution >= 4 is 0 Å². The third kappa shape index (κ3) is 4.52. The van der Waals surface area contributed by atoms with E-state index in [2.05, 4.69) is 19.3 Å². The normalized spacial score (nSPS) is 23.4. The topological polar surface area (TPSA) is 38.0 Å². The van der Waals surface area contributed by atoms with E-state index in [1.807, 2.05) is 0 Å². The van der Waals surface area contributed by atoms with E-state index in [-0.39, 0.29) is 0 Å².